The molecule has 0 bridgehead atoms. The van der Waals surface area contributed by atoms with Gasteiger partial charge in [-0.3, -0.25) is 23.4 Å². The van der Waals surface area contributed by atoms with Gasteiger partial charge in [0, 0.05) is 12.8 Å². The number of carboxylic acid groups (broad SMARTS) is 1. The van der Waals surface area contributed by atoms with E-state index < -0.39 is 51.1 Å². The number of hydrogen-bond acceptors (Lipinski definition) is 9. The highest BCUT2D eigenvalue weighted by molar-refractivity contribution is 7.47. The van der Waals surface area contributed by atoms with Crippen molar-refractivity contribution in [3.63, 3.8) is 0 Å². The first-order chi connectivity index (χ1) is 23.1. The Morgan fingerprint density at radius 1 is 0.646 bits per heavy atom. The summed E-state index contributed by atoms with van der Waals surface area (Å²) in [5.74, 6) is -2.40. The molecule has 0 aromatic carbocycles. The maximum Gasteiger partial charge on any atom is 0.472 e. The lowest BCUT2D eigenvalue weighted by Gasteiger charge is -2.20. The van der Waals surface area contributed by atoms with Crippen LogP contribution in [0.3, 0.4) is 0 Å². The van der Waals surface area contributed by atoms with Gasteiger partial charge in [-0.2, -0.15) is 0 Å². The predicted octanol–water partition coefficient (Wildman–Crippen LogP) is 8.72. The van der Waals surface area contributed by atoms with Crippen LogP contribution in [0, 0.1) is 0 Å². The number of carboxylic acids is 1. The summed E-state index contributed by atoms with van der Waals surface area (Å²) in [6.45, 7) is 2.71. The van der Waals surface area contributed by atoms with Crippen LogP contribution in [-0.4, -0.2) is 59.9 Å². The molecule has 0 saturated carbocycles. The van der Waals surface area contributed by atoms with Gasteiger partial charge in [0.1, 0.15) is 12.6 Å². The van der Waals surface area contributed by atoms with E-state index in [4.69, 9.17) is 24.8 Å². The number of esters is 2. The number of phosphoric ester groups is 1. The van der Waals surface area contributed by atoms with Crippen molar-refractivity contribution in [2.24, 2.45) is 5.73 Å². The summed E-state index contributed by atoms with van der Waals surface area (Å²) in [5, 5.41) is 8.84. The number of allylic oxidation sites excluding steroid dienone is 4. The van der Waals surface area contributed by atoms with Crippen LogP contribution in [0.4, 0.5) is 0 Å². The fourth-order valence-corrected chi connectivity index (χ4v) is 5.52. The number of rotatable bonds is 34. The van der Waals surface area contributed by atoms with Crippen molar-refractivity contribution in [3.8, 4) is 0 Å². The van der Waals surface area contributed by atoms with Gasteiger partial charge in [0.15, 0.2) is 6.10 Å². The van der Waals surface area contributed by atoms with Gasteiger partial charge in [-0.1, -0.05) is 122 Å². The second kappa shape index (κ2) is 32.2. The van der Waals surface area contributed by atoms with Crippen molar-refractivity contribution in [1.82, 2.24) is 0 Å². The predicted molar refractivity (Wildman–Crippen MR) is 189 cm³/mol. The Bertz CT molecular complexity index is 926. The molecular formula is C36H66NO10P. The van der Waals surface area contributed by atoms with E-state index in [-0.39, 0.29) is 19.4 Å². The highest BCUT2D eigenvalue weighted by Crippen LogP contribution is 2.43. The molecule has 0 aliphatic heterocycles. The van der Waals surface area contributed by atoms with Crippen LogP contribution in [0.5, 0.6) is 0 Å². The third-order valence-corrected chi connectivity index (χ3v) is 8.65. The first kappa shape index (κ1) is 46.0. The normalized spacial score (nSPS) is 14.2. The lowest BCUT2D eigenvalue weighted by Crippen LogP contribution is -2.34. The molecule has 0 saturated heterocycles. The molecule has 4 N–H and O–H groups in total. The number of carbonyl (C=O) groups excluding carboxylic acids is 2. The van der Waals surface area contributed by atoms with Crippen molar-refractivity contribution in [2.45, 2.75) is 167 Å². The second-order valence-corrected chi connectivity index (χ2v) is 13.8. The number of ether oxygens (including phenoxy) is 2. The van der Waals surface area contributed by atoms with Gasteiger partial charge in [0.25, 0.3) is 0 Å². The number of aliphatic carboxylic acids is 1. The number of carbonyl (C=O) groups is 3. The Balaban J connectivity index is 4.47. The van der Waals surface area contributed by atoms with E-state index in [1.54, 1.807) is 0 Å². The Morgan fingerprint density at radius 3 is 1.67 bits per heavy atom. The topological polar surface area (TPSA) is 172 Å². The van der Waals surface area contributed by atoms with E-state index in [1.165, 1.54) is 51.4 Å². The van der Waals surface area contributed by atoms with E-state index in [1.807, 2.05) is 0 Å². The molecule has 280 valence electrons. The zero-order valence-electron chi connectivity index (χ0n) is 29.8. The van der Waals surface area contributed by atoms with Crippen LogP contribution in [-0.2, 0) is 37.5 Å². The number of phosphoric acid groups is 1. The minimum absolute atomic E-state index is 0.147. The molecule has 11 nitrogen and oxygen atoms in total. The first-order valence-corrected chi connectivity index (χ1v) is 19.9. The minimum atomic E-state index is -4.71. The highest BCUT2D eigenvalue weighted by Gasteiger charge is 2.28. The lowest BCUT2D eigenvalue weighted by atomic mass is 10.1. The van der Waals surface area contributed by atoms with Gasteiger partial charge in [0.05, 0.1) is 13.2 Å². The molecule has 0 aliphatic rings. The maximum atomic E-state index is 12.5. The van der Waals surface area contributed by atoms with E-state index in [0.29, 0.717) is 12.8 Å². The summed E-state index contributed by atoms with van der Waals surface area (Å²) < 4.78 is 32.5. The Hall–Kier alpha value is -2.04. The van der Waals surface area contributed by atoms with Gasteiger partial charge in [-0.15, -0.1) is 0 Å². The van der Waals surface area contributed by atoms with Crippen molar-refractivity contribution in [2.75, 3.05) is 19.8 Å². The average Bonchev–Trinajstić information content (AvgIpc) is 3.05. The molecule has 0 heterocycles. The molecule has 3 atom stereocenters. The molecule has 0 aromatic rings. The van der Waals surface area contributed by atoms with Gasteiger partial charge < -0.3 is 25.2 Å². The summed E-state index contributed by atoms with van der Waals surface area (Å²) in [7, 11) is -4.71. The fraction of sp³-hybridized carbons (Fsp3) is 0.806. The molecule has 0 amide bonds. The average molecular weight is 704 g/mol. The molecule has 12 heteroatoms. The van der Waals surface area contributed by atoms with Crippen LogP contribution in [0.25, 0.3) is 0 Å². The van der Waals surface area contributed by atoms with Crippen molar-refractivity contribution in [3.05, 3.63) is 24.3 Å². The molecule has 0 fully saturated rings. The van der Waals surface area contributed by atoms with Crippen LogP contribution >= 0.6 is 7.82 Å². The smallest absolute Gasteiger partial charge is 0.472 e. The molecule has 1 unspecified atom stereocenters. The summed E-state index contributed by atoms with van der Waals surface area (Å²) in [6.07, 6.45) is 29.7. The summed E-state index contributed by atoms with van der Waals surface area (Å²) in [5.41, 5.74) is 5.30. The van der Waals surface area contributed by atoms with Gasteiger partial charge in [-0.25, -0.2) is 4.57 Å². The van der Waals surface area contributed by atoms with E-state index in [9.17, 15) is 23.8 Å². The molecular weight excluding hydrogens is 637 g/mol. The Kier molecular flexibility index (Phi) is 30.8. The monoisotopic (exact) mass is 703 g/mol. The van der Waals surface area contributed by atoms with Crippen LogP contribution in [0.15, 0.2) is 24.3 Å². The van der Waals surface area contributed by atoms with E-state index >= 15 is 0 Å². The summed E-state index contributed by atoms with van der Waals surface area (Å²) in [6, 6.07) is -1.52. The number of hydrogen-bond donors (Lipinski definition) is 3. The van der Waals surface area contributed by atoms with Crippen LogP contribution in [0.1, 0.15) is 155 Å². The lowest BCUT2D eigenvalue weighted by molar-refractivity contribution is -0.161. The standard InChI is InChI=1S/C36H66NO10P/c1-3-5-7-9-11-13-14-15-16-17-18-20-22-24-26-28-35(39)47-32(30-45-48(42,43)46-31-33(37)36(40)41)29-44-34(38)27-25-23-21-19-12-10-8-6-4-2/h11,13,15-16,32-33H,3-10,12,14,17-31,37H2,1-2H3,(H,40,41)(H,42,43)/b13-11-,16-15-/t32-,33+/m1/s1. The molecule has 0 rings (SSSR count). The van der Waals surface area contributed by atoms with Gasteiger partial charge in [0.2, 0.25) is 0 Å². The van der Waals surface area contributed by atoms with Crippen LogP contribution < -0.4 is 5.73 Å². The first-order valence-electron chi connectivity index (χ1n) is 18.4. The minimum Gasteiger partial charge on any atom is -0.480 e. The zero-order chi connectivity index (χ0) is 35.7. The van der Waals surface area contributed by atoms with Gasteiger partial charge >= 0.3 is 25.7 Å². The maximum absolute atomic E-state index is 12.5. The van der Waals surface area contributed by atoms with Gasteiger partial charge in [-0.05, 0) is 44.9 Å². The Labute approximate surface area is 290 Å². The molecule has 0 aliphatic carbocycles. The zero-order valence-corrected chi connectivity index (χ0v) is 30.7. The molecule has 48 heavy (non-hydrogen) atoms. The van der Waals surface area contributed by atoms with E-state index in [0.717, 1.165) is 64.2 Å². The highest BCUT2D eigenvalue weighted by atomic mass is 31.2. The third kappa shape index (κ3) is 31.2. The SMILES string of the molecule is CCCCC/C=C\C/C=C\CCCCCCCC(=O)O[C@H](COC(=O)CCCCCCCCCCC)COP(=O)(O)OC[C@H](N)C(=O)O. The number of nitrogens with two attached hydrogens (primary N) is 1. The Morgan fingerprint density at radius 2 is 1.10 bits per heavy atom. The molecule has 0 spiro atoms. The third-order valence-electron chi connectivity index (χ3n) is 7.70. The summed E-state index contributed by atoms with van der Waals surface area (Å²) in [4.78, 5) is 45.6. The van der Waals surface area contributed by atoms with E-state index in [2.05, 4.69) is 42.7 Å². The number of unbranched alkanes of at least 4 members (excludes halogenated alkanes) is 16. The summed E-state index contributed by atoms with van der Waals surface area (Å²) >= 11 is 0. The van der Waals surface area contributed by atoms with Crippen molar-refractivity contribution < 1.29 is 47.5 Å². The van der Waals surface area contributed by atoms with Crippen molar-refractivity contribution >= 4 is 25.7 Å². The van der Waals surface area contributed by atoms with Crippen LogP contribution in [0.2, 0.25) is 0 Å². The molecule has 0 aromatic heterocycles. The second-order valence-electron chi connectivity index (χ2n) is 12.4. The quantitative estimate of drug-likeness (QED) is 0.0253. The molecule has 0 radical (unpaired) electrons. The van der Waals surface area contributed by atoms with Crippen molar-refractivity contribution in [1.29, 1.82) is 0 Å². The largest absolute Gasteiger partial charge is 0.480 e. The fourth-order valence-electron chi connectivity index (χ4n) is 4.74.